The Balaban J connectivity index is 1.66. The molecule has 8 heteroatoms. The Morgan fingerprint density at radius 2 is 2.04 bits per heavy atom. The molecule has 2 heterocycles. The van der Waals surface area contributed by atoms with Gasteiger partial charge in [-0.05, 0) is 38.0 Å². The molecule has 1 aromatic rings. The third kappa shape index (κ3) is 4.38. The van der Waals surface area contributed by atoms with Gasteiger partial charge < -0.3 is 10.6 Å². The van der Waals surface area contributed by atoms with Crippen LogP contribution in [0.25, 0.3) is 0 Å². The topological polar surface area (TPSA) is 81.8 Å². The number of nitrogens with one attached hydrogen (secondary N) is 2. The molecule has 1 aromatic carbocycles. The van der Waals surface area contributed by atoms with Gasteiger partial charge in [0, 0.05) is 44.5 Å². The molecule has 2 aliphatic heterocycles. The second-order valence-electron chi connectivity index (χ2n) is 6.71. The highest BCUT2D eigenvalue weighted by Gasteiger charge is 2.27. The Morgan fingerprint density at radius 3 is 2.76 bits per heavy atom. The highest BCUT2D eigenvalue weighted by Crippen LogP contribution is 2.23. The van der Waals surface area contributed by atoms with Crippen molar-refractivity contribution < 1.29 is 13.2 Å². The van der Waals surface area contributed by atoms with Gasteiger partial charge >= 0.3 is 0 Å². The Labute approximate surface area is 149 Å². The first-order valence-electron chi connectivity index (χ1n) is 8.81. The van der Waals surface area contributed by atoms with Crippen LogP contribution >= 0.6 is 0 Å². The molecule has 7 nitrogen and oxygen atoms in total. The number of amides is 1. The maximum Gasteiger partial charge on any atom is 0.243 e. The average molecular weight is 366 g/mol. The van der Waals surface area contributed by atoms with E-state index in [1.54, 1.807) is 24.3 Å². The van der Waals surface area contributed by atoms with Gasteiger partial charge in [-0.25, -0.2) is 8.42 Å². The van der Waals surface area contributed by atoms with Crippen molar-refractivity contribution in [3.8, 4) is 0 Å². The van der Waals surface area contributed by atoms with Gasteiger partial charge in [-0.3, -0.25) is 9.69 Å². The molecule has 25 heavy (non-hydrogen) atoms. The van der Waals surface area contributed by atoms with Crippen LogP contribution in [0.4, 0.5) is 5.69 Å². The van der Waals surface area contributed by atoms with Gasteiger partial charge in [-0.15, -0.1) is 0 Å². The lowest BCUT2D eigenvalue weighted by atomic mass is 10.2. The fourth-order valence-corrected chi connectivity index (χ4v) is 4.88. The van der Waals surface area contributed by atoms with Gasteiger partial charge in [0.1, 0.15) is 0 Å². The first-order chi connectivity index (χ1) is 12.0. The SMILES string of the molecule is C[C@@H]1CNCCN1CC(=O)Nc1cccc(S(=O)(=O)N2CCCC2)c1. The number of benzene rings is 1. The van der Waals surface area contributed by atoms with Crippen LogP contribution in [0.15, 0.2) is 29.2 Å². The second-order valence-corrected chi connectivity index (χ2v) is 8.65. The fraction of sp³-hybridized carbons (Fsp3) is 0.588. The molecule has 2 N–H and O–H groups in total. The molecule has 0 aromatic heterocycles. The van der Waals surface area contributed by atoms with Gasteiger partial charge in [-0.1, -0.05) is 6.07 Å². The highest BCUT2D eigenvalue weighted by molar-refractivity contribution is 7.89. The van der Waals surface area contributed by atoms with E-state index in [9.17, 15) is 13.2 Å². The summed E-state index contributed by atoms with van der Waals surface area (Å²) in [6, 6.07) is 6.84. The number of carbonyl (C=O) groups is 1. The number of carbonyl (C=O) groups excluding carboxylic acids is 1. The van der Waals surface area contributed by atoms with Crippen LogP contribution in [0, 0.1) is 0 Å². The maximum absolute atomic E-state index is 12.6. The van der Waals surface area contributed by atoms with Gasteiger partial charge in [-0.2, -0.15) is 4.31 Å². The summed E-state index contributed by atoms with van der Waals surface area (Å²) in [5.41, 5.74) is 0.521. The van der Waals surface area contributed by atoms with Crippen molar-refractivity contribution in [1.29, 1.82) is 0 Å². The van der Waals surface area contributed by atoms with E-state index in [1.807, 2.05) is 0 Å². The second kappa shape index (κ2) is 7.82. The molecule has 0 radical (unpaired) electrons. The first kappa shape index (κ1) is 18.3. The normalized spacial score (nSPS) is 22.8. The van der Waals surface area contributed by atoms with Crippen molar-refractivity contribution in [3.63, 3.8) is 0 Å². The number of hydrogen-bond acceptors (Lipinski definition) is 5. The van der Waals surface area contributed by atoms with Crippen molar-refractivity contribution in [2.45, 2.75) is 30.7 Å². The molecule has 0 spiro atoms. The van der Waals surface area contributed by atoms with Crippen LogP contribution in [-0.4, -0.2) is 68.8 Å². The van der Waals surface area contributed by atoms with Crippen LogP contribution < -0.4 is 10.6 Å². The molecule has 2 aliphatic rings. The van der Waals surface area contributed by atoms with E-state index in [1.165, 1.54) is 4.31 Å². The summed E-state index contributed by atoms with van der Waals surface area (Å²) in [4.78, 5) is 14.7. The smallest absolute Gasteiger partial charge is 0.243 e. The summed E-state index contributed by atoms with van der Waals surface area (Å²) >= 11 is 0. The fourth-order valence-electron chi connectivity index (χ4n) is 3.31. The minimum absolute atomic E-state index is 0.121. The van der Waals surface area contributed by atoms with Crippen LogP contribution in [0.5, 0.6) is 0 Å². The van der Waals surface area contributed by atoms with Crippen molar-refractivity contribution >= 4 is 21.6 Å². The first-order valence-corrected chi connectivity index (χ1v) is 10.3. The minimum Gasteiger partial charge on any atom is -0.325 e. The molecule has 2 saturated heterocycles. The molecular formula is C17H26N4O3S. The van der Waals surface area contributed by atoms with E-state index in [-0.39, 0.29) is 10.8 Å². The monoisotopic (exact) mass is 366 g/mol. The standard InChI is InChI=1S/C17H26N4O3S/c1-14-12-18-7-10-20(14)13-17(22)19-15-5-4-6-16(11-15)25(23,24)21-8-2-3-9-21/h4-6,11,14,18H,2-3,7-10,12-13H2,1H3,(H,19,22)/t14-/m1/s1. The minimum atomic E-state index is -3.47. The molecule has 1 amide bonds. The Morgan fingerprint density at radius 1 is 1.28 bits per heavy atom. The molecule has 0 saturated carbocycles. The van der Waals surface area contributed by atoms with E-state index in [0.717, 1.165) is 32.5 Å². The van der Waals surface area contributed by atoms with E-state index < -0.39 is 10.0 Å². The lowest BCUT2D eigenvalue weighted by molar-refractivity contribution is -0.118. The lowest BCUT2D eigenvalue weighted by Gasteiger charge is -2.33. The quantitative estimate of drug-likeness (QED) is 0.802. The number of nitrogens with zero attached hydrogens (tertiary/aromatic N) is 2. The lowest BCUT2D eigenvalue weighted by Crippen LogP contribution is -2.51. The summed E-state index contributed by atoms with van der Waals surface area (Å²) in [6.45, 7) is 6.12. The molecule has 1 atom stereocenters. The average Bonchev–Trinajstić information content (AvgIpc) is 3.12. The third-order valence-corrected chi connectivity index (χ3v) is 6.70. The molecular weight excluding hydrogens is 340 g/mol. The zero-order valence-corrected chi connectivity index (χ0v) is 15.4. The molecule has 3 rings (SSSR count). The van der Waals surface area contributed by atoms with Crippen molar-refractivity contribution in [2.24, 2.45) is 0 Å². The predicted molar refractivity (Wildman–Crippen MR) is 97.0 cm³/mol. The molecule has 2 fully saturated rings. The molecule has 138 valence electrons. The zero-order chi connectivity index (χ0) is 17.9. The number of piperazine rings is 1. The third-order valence-electron chi connectivity index (χ3n) is 4.81. The number of rotatable bonds is 5. The molecule has 0 aliphatic carbocycles. The number of anilines is 1. The maximum atomic E-state index is 12.6. The largest absolute Gasteiger partial charge is 0.325 e. The summed E-state index contributed by atoms with van der Waals surface area (Å²) < 4.78 is 26.8. The van der Waals surface area contributed by atoms with Crippen LogP contribution in [-0.2, 0) is 14.8 Å². The highest BCUT2D eigenvalue weighted by atomic mass is 32.2. The van der Waals surface area contributed by atoms with E-state index in [2.05, 4.69) is 22.5 Å². The van der Waals surface area contributed by atoms with E-state index in [4.69, 9.17) is 0 Å². The van der Waals surface area contributed by atoms with Gasteiger partial charge in [0.05, 0.1) is 11.4 Å². The Kier molecular flexibility index (Phi) is 5.73. The van der Waals surface area contributed by atoms with E-state index >= 15 is 0 Å². The molecule has 0 unspecified atom stereocenters. The predicted octanol–water partition coefficient (Wildman–Crippen LogP) is 0.703. The summed E-state index contributed by atoms with van der Waals surface area (Å²) in [5.74, 6) is -0.121. The van der Waals surface area contributed by atoms with E-state index in [0.29, 0.717) is 31.4 Å². The van der Waals surface area contributed by atoms with Crippen LogP contribution in [0.1, 0.15) is 19.8 Å². The number of sulfonamides is 1. The Bertz CT molecular complexity index is 716. The van der Waals surface area contributed by atoms with Gasteiger partial charge in [0.15, 0.2) is 0 Å². The zero-order valence-electron chi connectivity index (χ0n) is 14.6. The molecule has 0 bridgehead atoms. The van der Waals surface area contributed by atoms with Crippen molar-refractivity contribution in [3.05, 3.63) is 24.3 Å². The van der Waals surface area contributed by atoms with Crippen LogP contribution in [0.3, 0.4) is 0 Å². The van der Waals surface area contributed by atoms with Gasteiger partial charge in [0.2, 0.25) is 15.9 Å². The van der Waals surface area contributed by atoms with Crippen LogP contribution in [0.2, 0.25) is 0 Å². The summed E-state index contributed by atoms with van der Waals surface area (Å²) in [7, 11) is -3.47. The van der Waals surface area contributed by atoms with Crippen molar-refractivity contribution in [2.75, 3.05) is 44.6 Å². The van der Waals surface area contributed by atoms with Gasteiger partial charge in [0.25, 0.3) is 0 Å². The van der Waals surface area contributed by atoms with Crippen molar-refractivity contribution in [1.82, 2.24) is 14.5 Å². The Hall–Kier alpha value is -1.48. The number of hydrogen-bond donors (Lipinski definition) is 2. The summed E-state index contributed by atoms with van der Waals surface area (Å²) in [6.07, 6.45) is 1.80. The summed E-state index contributed by atoms with van der Waals surface area (Å²) in [5, 5.41) is 6.12.